The van der Waals surface area contributed by atoms with Crippen molar-refractivity contribution in [3.63, 3.8) is 0 Å². The molecule has 0 aromatic carbocycles. The first-order chi connectivity index (χ1) is 9.06. The van der Waals surface area contributed by atoms with Crippen molar-refractivity contribution in [3.8, 4) is 0 Å². The van der Waals surface area contributed by atoms with Crippen LogP contribution in [0.4, 0.5) is 0 Å². The number of hydrogen-bond acceptors (Lipinski definition) is 5. The molecule has 0 aliphatic carbocycles. The van der Waals surface area contributed by atoms with Crippen molar-refractivity contribution in [3.05, 3.63) is 0 Å². The van der Waals surface area contributed by atoms with Crippen molar-refractivity contribution in [2.45, 2.75) is 39.8 Å². The van der Waals surface area contributed by atoms with E-state index in [-0.39, 0.29) is 12.1 Å². The Morgan fingerprint density at radius 1 is 1.47 bits per heavy atom. The van der Waals surface area contributed by atoms with Gasteiger partial charge in [-0.1, -0.05) is 6.92 Å². The van der Waals surface area contributed by atoms with Crippen molar-refractivity contribution in [1.82, 2.24) is 9.80 Å². The molecule has 112 valence electrons. The van der Waals surface area contributed by atoms with Crippen LogP contribution in [-0.4, -0.2) is 73.9 Å². The minimum absolute atomic E-state index is 0.153. The molecule has 19 heavy (non-hydrogen) atoms. The Bertz CT molecular complexity index is 271. The van der Waals surface area contributed by atoms with Gasteiger partial charge in [0.15, 0.2) is 0 Å². The molecule has 1 rings (SSSR count). The van der Waals surface area contributed by atoms with Crippen LogP contribution in [-0.2, 0) is 14.3 Å². The standard InChI is InChI=1S/C14H28N2O3/c1-5-15-7-8-19-13(9-15)10-16(12(3)4)11-14(17)18-6-2/h12-13H,5-11H2,1-4H3. The predicted octanol–water partition coefficient (Wildman–Crippen LogP) is 0.981. The molecule has 1 unspecified atom stereocenters. The summed E-state index contributed by atoms with van der Waals surface area (Å²) in [7, 11) is 0. The molecule has 1 aliphatic heterocycles. The Kier molecular flexibility index (Phi) is 7.34. The fourth-order valence-electron chi connectivity index (χ4n) is 2.27. The Morgan fingerprint density at radius 3 is 2.79 bits per heavy atom. The molecule has 1 atom stereocenters. The highest BCUT2D eigenvalue weighted by Gasteiger charge is 2.24. The topological polar surface area (TPSA) is 42.0 Å². The second-order valence-electron chi connectivity index (χ2n) is 5.21. The maximum absolute atomic E-state index is 11.6. The van der Waals surface area contributed by atoms with Gasteiger partial charge < -0.3 is 9.47 Å². The molecule has 1 saturated heterocycles. The molecule has 0 aromatic heterocycles. The van der Waals surface area contributed by atoms with E-state index in [1.807, 2.05) is 6.92 Å². The van der Waals surface area contributed by atoms with Crippen LogP contribution in [0.5, 0.6) is 0 Å². The maximum atomic E-state index is 11.6. The monoisotopic (exact) mass is 272 g/mol. The summed E-state index contributed by atoms with van der Waals surface area (Å²) in [5.74, 6) is -0.153. The zero-order valence-electron chi connectivity index (χ0n) is 12.7. The molecular formula is C14H28N2O3. The number of likely N-dealkylation sites (N-methyl/N-ethyl adjacent to an activating group) is 1. The van der Waals surface area contributed by atoms with E-state index in [2.05, 4.69) is 30.6 Å². The van der Waals surface area contributed by atoms with Crippen molar-refractivity contribution >= 4 is 5.97 Å². The summed E-state index contributed by atoms with van der Waals surface area (Å²) in [6.07, 6.45) is 0.186. The molecule has 0 spiro atoms. The summed E-state index contributed by atoms with van der Waals surface area (Å²) in [6.45, 7) is 13.6. The van der Waals surface area contributed by atoms with Gasteiger partial charge in [0.05, 0.1) is 25.9 Å². The predicted molar refractivity (Wildman–Crippen MR) is 75.2 cm³/mol. The third-order valence-corrected chi connectivity index (χ3v) is 3.48. The molecule has 5 nitrogen and oxygen atoms in total. The van der Waals surface area contributed by atoms with Gasteiger partial charge in [-0.25, -0.2) is 0 Å². The SMILES string of the molecule is CCOC(=O)CN(CC1CN(CC)CCO1)C(C)C. The molecule has 0 bridgehead atoms. The molecule has 1 fully saturated rings. The minimum atomic E-state index is -0.153. The Labute approximate surface area is 116 Å². The first-order valence-corrected chi connectivity index (χ1v) is 7.30. The Morgan fingerprint density at radius 2 is 2.21 bits per heavy atom. The van der Waals surface area contributed by atoms with Crippen LogP contribution in [0.1, 0.15) is 27.7 Å². The summed E-state index contributed by atoms with van der Waals surface area (Å²) < 4.78 is 10.8. The summed E-state index contributed by atoms with van der Waals surface area (Å²) >= 11 is 0. The van der Waals surface area contributed by atoms with E-state index in [0.29, 0.717) is 19.2 Å². The first-order valence-electron chi connectivity index (χ1n) is 7.30. The van der Waals surface area contributed by atoms with Gasteiger partial charge in [-0.3, -0.25) is 14.6 Å². The lowest BCUT2D eigenvalue weighted by Crippen LogP contribution is -2.49. The number of morpholine rings is 1. The van der Waals surface area contributed by atoms with E-state index >= 15 is 0 Å². The molecule has 1 aliphatic rings. The fraction of sp³-hybridized carbons (Fsp3) is 0.929. The third-order valence-electron chi connectivity index (χ3n) is 3.48. The van der Waals surface area contributed by atoms with Crippen LogP contribution in [0.25, 0.3) is 0 Å². The van der Waals surface area contributed by atoms with Gasteiger partial charge in [0.2, 0.25) is 0 Å². The van der Waals surface area contributed by atoms with Gasteiger partial charge in [0, 0.05) is 25.7 Å². The number of esters is 1. The normalized spacial score (nSPS) is 21.1. The third kappa shape index (κ3) is 5.89. The quantitative estimate of drug-likeness (QED) is 0.646. The summed E-state index contributed by atoms with van der Waals surface area (Å²) in [6, 6.07) is 0.310. The highest BCUT2D eigenvalue weighted by Crippen LogP contribution is 2.09. The smallest absolute Gasteiger partial charge is 0.320 e. The largest absolute Gasteiger partial charge is 0.465 e. The Balaban J connectivity index is 2.46. The van der Waals surface area contributed by atoms with Crippen molar-refractivity contribution < 1.29 is 14.3 Å². The molecule has 5 heteroatoms. The number of ether oxygens (including phenoxy) is 2. The molecular weight excluding hydrogens is 244 g/mol. The van der Waals surface area contributed by atoms with Gasteiger partial charge in [-0.05, 0) is 27.3 Å². The average Bonchev–Trinajstić information content (AvgIpc) is 2.38. The highest BCUT2D eigenvalue weighted by molar-refractivity contribution is 5.71. The van der Waals surface area contributed by atoms with Crippen LogP contribution >= 0.6 is 0 Å². The van der Waals surface area contributed by atoms with E-state index < -0.39 is 0 Å². The Hall–Kier alpha value is -0.650. The fourth-order valence-corrected chi connectivity index (χ4v) is 2.27. The zero-order chi connectivity index (χ0) is 14.3. The van der Waals surface area contributed by atoms with Crippen LogP contribution in [0.15, 0.2) is 0 Å². The number of nitrogens with zero attached hydrogens (tertiary/aromatic N) is 2. The van der Waals surface area contributed by atoms with E-state index in [1.165, 1.54) is 0 Å². The van der Waals surface area contributed by atoms with E-state index in [0.717, 1.165) is 32.8 Å². The van der Waals surface area contributed by atoms with Crippen LogP contribution in [0.2, 0.25) is 0 Å². The highest BCUT2D eigenvalue weighted by atomic mass is 16.5. The van der Waals surface area contributed by atoms with Crippen LogP contribution in [0.3, 0.4) is 0 Å². The average molecular weight is 272 g/mol. The number of rotatable bonds is 7. The first kappa shape index (κ1) is 16.4. The van der Waals surface area contributed by atoms with Crippen molar-refractivity contribution in [1.29, 1.82) is 0 Å². The van der Waals surface area contributed by atoms with E-state index in [1.54, 1.807) is 0 Å². The summed E-state index contributed by atoms with van der Waals surface area (Å²) in [5.41, 5.74) is 0. The summed E-state index contributed by atoms with van der Waals surface area (Å²) in [4.78, 5) is 16.1. The summed E-state index contributed by atoms with van der Waals surface area (Å²) in [5, 5.41) is 0. The molecule has 0 radical (unpaired) electrons. The second kappa shape index (κ2) is 8.51. The van der Waals surface area contributed by atoms with Gasteiger partial charge in [0.1, 0.15) is 0 Å². The van der Waals surface area contributed by atoms with Crippen LogP contribution < -0.4 is 0 Å². The molecule has 1 heterocycles. The maximum Gasteiger partial charge on any atom is 0.320 e. The van der Waals surface area contributed by atoms with Crippen molar-refractivity contribution in [2.75, 3.05) is 45.9 Å². The van der Waals surface area contributed by atoms with E-state index in [4.69, 9.17) is 9.47 Å². The molecule has 0 saturated carbocycles. The molecule has 0 amide bonds. The zero-order valence-corrected chi connectivity index (χ0v) is 12.7. The lowest BCUT2D eigenvalue weighted by molar-refractivity contribution is -0.145. The molecule has 0 N–H and O–H groups in total. The number of carbonyl (C=O) groups excluding carboxylic acids is 1. The number of hydrogen-bond donors (Lipinski definition) is 0. The van der Waals surface area contributed by atoms with Gasteiger partial charge in [-0.2, -0.15) is 0 Å². The van der Waals surface area contributed by atoms with Gasteiger partial charge >= 0.3 is 5.97 Å². The lowest BCUT2D eigenvalue weighted by Gasteiger charge is -2.36. The minimum Gasteiger partial charge on any atom is -0.465 e. The van der Waals surface area contributed by atoms with Gasteiger partial charge in [-0.15, -0.1) is 0 Å². The van der Waals surface area contributed by atoms with Crippen molar-refractivity contribution in [2.24, 2.45) is 0 Å². The van der Waals surface area contributed by atoms with Crippen LogP contribution in [0, 0.1) is 0 Å². The van der Waals surface area contributed by atoms with Gasteiger partial charge in [0.25, 0.3) is 0 Å². The molecule has 0 aromatic rings. The lowest BCUT2D eigenvalue weighted by atomic mass is 10.2. The number of carbonyl (C=O) groups is 1. The van der Waals surface area contributed by atoms with E-state index in [9.17, 15) is 4.79 Å². The second-order valence-corrected chi connectivity index (χ2v) is 5.21.